The van der Waals surface area contributed by atoms with Crippen LogP contribution in [0.3, 0.4) is 0 Å². The summed E-state index contributed by atoms with van der Waals surface area (Å²) in [6.45, 7) is 0. The maximum absolute atomic E-state index is 13.4. The fourth-order valence-corrected chi connectivity index (χ4v) is 1.98. The van der Waals surface area contributed by atoms with Crippen LogP contribution in [0.4, 0.5) is 23.2 Å². The predicted octanol–water partition coefficient (Wildman–Crippen LogP) is 3.07. The lowest BCUT2D eigenvalue weighted by Crippen LogP contribution is -2.49. The van der Waals surface area contributed by atoms with Crippen LogP contribution in [0.15, 0.2) is 12.1 Å². The van der Waals surface area contributed by atoms with Crippen LogP contribution in [0, 0.1) is 23.0 Å². The number of halogens is 4. The predicted molar refractivity (Wildman–Crippen MR) is 57.4 cm³/mol. The zero-order valence-corrected chi connectivity index (χ0v) is 9.55. The Morgan fingerprint density at radius 3 is 2.17 bits per heavy atom. The second kappa shape index (κ2) is 4.16. The molecule has 0 spiro atoms. The summed E-state index contributed by atoms with van der Waals surface area (Å²) in [5.74, 6) is -4.65. The smallest absolute Gasteiger partial charge is 0.252 e. The van der Waals surface area contributed by atoms with Gasteiger partial charge in [0.15, 0.2) is 0 Å². The Bertz CT molecular complexity index is 490. The monoisotopic (exact) mass is 258 g/mol. The number of nitrogens with zero attached hydrogens (tertiary/aromatic N) is 2. The van der Waals surface area contributed by atoms with Gasteiger partial charge < -0.3 is 4.90 Å². The van der Waals surface area contributed by atoms with E-state index in [0.717, 1.165) is 12.1 Å². The van der Waals surface area contributed by atoms with E-state index in [1.807, 2.05) is 0 Å². The molecular formula is C12H10F4N2. The van der Waals surface area contributed by atoms with Crippen molar-refractivity contribution in [2.24, 2.45) is 0 Å². The Morgan fingerprint density at radius 1 is 1.28 bits per heavy atom. The van der Waals surface area contributed by atoms with Crippen molar-refractivity contribution < 1.29 is 17.6 Å². The summed E-state index contributed by atoms with van der Waals surface area (Å²) in [5.41, 5.74) is -0.504. The number of alkyl halides is 2. The minimum absolute atomic E-state index is 0.157. The molecule has 1 aliphatic rings. The minimum atomic E-state index is -2.69. The molecule has 0 N–H and O–H groups in total. The fourth-order valence-electron chi connectivity index (χ4n) is 1.98. The number of nitriles is 1. The Hall–Kier alpha value is -1.77. The highest BCUT2D eigenvalue weighted by atomic mass is 19.3. The Morgan fingerprint density at radius 2 is 1.78 bits per heavy atom. The van der Waals surface area contributed by atoms with Crippen molar-refractivity contribution in [3.8, 4) is 6.07 Å². The molecule has 0 unspecified atom stereocenters. The van der Waals surface area contributed by atoms with Crippen molar-refractivity contribution in [3.63, 3.8) is 0 Å². The minimum Gasteiger partial charge on any atom is -0.371 e. The molecule has 0 aliphatic heterocycles. The summed E-state index contributed by atoms with van der Waals surface area (Å²) in [6.07, 6.45) is -0.653. The van der Waals surface area contributed by atoms with Crippen LogP contribution in [0.1, 0.15) is 18.4 Å². The first kappa shape index (κ1) is 12.7. The average molecular weight is 258 g/mol. The van der Waals surface area contributed by atoms with Crippen LogP contribution < -0.4 is 4.90 Å². The van der Waals surface area contributed by atoms with Crippen molar-refractivity contribution >= 4 is 5.69 Å². The SMILES string of the molecule is CN(c1cc(F)c(C#N)c(F)c1)C1CC(F)(F)C1. The highest BCUT2D eigenvalue weighted by molar-refractivity contribution is 5.52. The molecule has 1 aromatic rings. The Labute approximate surface area is 101 Å². The zero-order chi connectivity index (χ0) is 13.5. The first-order chi connectivity index (χ1) is 8.34. The lowest BCUT2D eigenvalue weighted by Gasteiger charge is -2.41. The van der Waals surface area contributed by atoms with E-state index in [9.17, 15) is 17.6 Å². The first-order valence-electron chi connectivity index (χ1n) is 5.34. The van der Waals surface area contributed by atoms with E-state index in [1.54, 1.807) is 0 Å². The van der Waals surface area contributed by atoms with Gasteiger partial charge in [-0.1, -0.05) is 0 Å². The molecule has 1 aromatic carbocycles. The van der Waals surface area contributed by atoms with Crippen molar-refractivity contribution in [1.29, 1.82) is 5.26 Å². The molecule has 1 saturated carbocycles. The van der Waals surface area contributed by atoms with Gasteiger partial charge in [-0.3, -0.25) is 0 Å². The highest BCUT2D eigenvalue weighted by Crippen LogP contribution is 2.41. The molecule has 2 rings (SSSR count). The third-order valence-corrected chi connectivity index (χ3v) is 3.16. The molecule has 18 heavy (non-hydrogen) atoms. The third-order valence-electron chi connectivity index (χ3n) is 3.16. The first-order valence-corrected chi connectivity index (χ1v) is 5.34. The number of anilines is 1. The lowest BCUT2D eigenvalue weighted by atomic mass is 9.87. The van der Waals surface area contributed by atoms with Gasteiger partial charge in [-0.15, -0.1) is 0 Å². The standard InChI is InChI=1S/C12H10F4N2/c1-18(8-4-12(15,16)5-8)7-2-10(13)9(6-17)11(14)3-7/h2-3,8H,4-5H2,1H3. The molecule has 0 radical (unpaired) electrons. The Kier molecular flexibility index (Phi) is 2.93. The summed E-state index contributed by atoms with van der Waals surface area (Å²) >= 11 is 0. The van der Waals surface area contributed by atoms with Crippen molar-refractivity contribution in [1.82, 2.24) is 0 Å². The van der Waals surface area contributed by atoms with Gasteiger partial charge >= 0.3 is 0 Å². The zero-order valence-electron chi connectivity index (χ0n) is 9.55. The molecule has 0 amide bonds. The topological polar surface area (TPSA) is 27.0 Å². The van der Waals surface area contributed by atoms with Crippen LogP contribution in [-0.2, 0) is 0 Å². The third kappa shape index (κ3) is 2.13. The van der Waals surface area contributed by atoms with Gasteiger partial charge in [-0.25, -0.2) is 17.6 Å². The fraction of sp³-hybridized carbons (Fsp3) is 0.417. The molecule has 1 aliphatic carbocycles. The maximum atomic E-state index is 13.4. The summed E-state index contributed by atoms with van der Waals surface area (Å²) < 4.78 is 52.2. The van der Waals surface area contributed by atoms with E-state index in [-0.39, 0.29) is 18.5 Å². The molecule has 0 bridgehead atoms. The van der Waals surface area contributed by atoms with E-state index < -0.39 is 29.2 Å². The van der Waals surface area contributed by atoms with Crippen LogP contribution >= 0.6 is 0 Å². The lowest BCUT2D eigenvalue weighted by molar-refractivity contribution is -0.0849. The molecule has 0 heterocycles. The van der Waals surface area contributed by atoms with E-state index in [0.29, 0.717) is 0 Å². The number of hydrogen-bond acceptors (Lipinski definition) is 2. The molecule has 96 valence electrons. The van der Waals surface area contributed by atoms with Crippen molar-refractivity contribution in [3.05, 3.63) is 29.3 Å². The van der Waals surface area contributed by atoms with Crippen LogP contribution in [-0.4, -0.2) is 19.0 Å². The molecular weight excluding hydrogens is 248 g/mol. The molecule has 0 atom stereocenters. The average Bonchev–Trinajstić information content (AvgIpc) is 2.24. The molecule has 1 fully saturated rings. The second-order valence-electron chi connectivity index (χ2n) is 4.43. The van der Waals surface area contributed by atoms with Gasteiger partial charge in [0.2, 0.25) is 0 Å². The quantitative estimate of drug-likeness (QED) is 0.762. The van der Waals surface area contributed by atoms with E-state index >= 15 is 0 Å². The summed E-state index contributed by atoms with van der Waals surface area (Å²) in [4.78, 5) is 1.41. The number of hydrogen-bond donors (Lipinski definition) is 0. The van der Waals surface area contributed by atoms with Gasteiger partial charge in [-0.05, 0) is 12.1 Å². The summed E-state index contributed by atoms with van der Waals surface area (Å²) in [5, 5.41) is 8.52. The Balaban J connectivity index is 2.23. The van der Waals surface area contributed by atoms with E-state index in [4.69, 9.17) is 5.26 Å². The van der Waals surface area contributed by atoms with Crippen molar-refractivity contribution in [2.75, 3.05) is 11.9 Å². The summed E-state index contributed by atoms with van der Waals surface area (Å²) in [7, 11) is 1.50. The maximum Gasteiger partial charge on any atom is 0.252 e. The number of rotatable bonds is 2. The van der Waals surface area contributed by atoms with E-state index in [2.05, 4.69) is 0 Å². The van der Waals surface area contributed by atoms with Gasteiger partial charge in [0, 0.05) is 31.6 Å². The van der Waals surface area contributed by atoms with Crippen LogP contribution in [0.5, 0.6) is 0 Å². The van der Waals surface area contributed by atoms with Gasteiger partial charge in [-0.2, -0.15) is 5.26 Å². The second-order valence-corrected chi connectivity index (χ2v) is 4.43. The van der Waals surface area contributed by atoms with Crippen LogP contribution in [0.25, 0.3) is 0 Å². The molecule has 2 nitrogen and oxygen atoms in total. The van der Waals surface area contributed by atoms with E-state index in [1.165, 1.54) is 18.0 Å². The summed E-state index contributed by atoms with van der Waals surface area (Å²) in [6, 6.07) is 2.94. The highest BCUT2D eigenvalue weighted by Gasteiger charge is 2.47. The van der Waals surface area contributed by atoms with Crippen LogP contribution in [0.2, 0.25) is 0 Å². The number of benzene rings is 1. The molecule has 0 saturated heterocycles. The van der Waals surface area contributed by atoms with Gasteiger partial charge in [0.05, 0.1) is 0 Å². The van der Waals surface area contributed by atoms with Gasteiger partial charge in [0.25, 0.3) is 5.92 Å². The molecule has 6 heteroatoms. The van der Waals surface area contributed by atoms with Crippen molar-refractivity contribution in [2.45, 2.75) is 24.8 Å². The largest absolute Gasteiger partial charge is 0.371 e. The van der Waals surface area contributed by atoms with Gasteiger partial charge in [0.1, 0.15) is 23.3 Å². The normalized spacial score (nSPS) is 18.0. The molecule has 0 aromatic heterocycles.